The van der Waals surface area contributed by atoms with Crippen molar-refractivity contribution in [1.29, 1.82) is 0 Å². The predicted molar refractivity (Wildman–Crippen MR) is 207 cm³/mol. The third-order valence-corrected chi connectivity index (χ3v) is 10.6. The van der Waals surface area contributed by atoms with Crippen molar-refractivity contribution in [2.75, 3.05) is 59.3 Å². The number of nitrogens with zero attached hydrogens (tertiary/aromatic N) is 5. The van der Waals surface area contributed by atoms with E-state index < -0.39 is 29.7 Å². The molecule has 2 aromatic carbocycles. The molecule has 292 valence electrons. The highest BCUT2D eigenvalue weighted by Crippen LogP contribution is 2.40. The number of aromatic nitrogens is 2. The number of anilines is 1. The van der Waals surface area contributed by atoms with Crippen molar-refractivity contribution in [3.8, 4) is 22.6 Å². The Balaban J connectivity index is 0.945. The van der Waals surface area contributed by atoms with Gasteiger partial charge < -0.3 is 39.6 Å². The van der Waals surface area contributed by atoms with Crippen LogP contribution in [0.3, 0.4) is 0 Å². The van der Waals surface area contributed by atoms with Crippen molar-refractivity contribution in [3.05, 3.63) is 93.6 Å². The number of rotatable bonds is 14. The Labute approximate surface area is 322 Å². The number of methoxy groups -OCH3 is 2. The summed E-state index contributed by atoms with van der Waals surface area (Å²) in [6.07, 6.45) is 5.88. The van der Waals surface area contributed by atoms with Crippen molar-refractivity contribution in [1.82, 2.24) is 34.9 Å². The van der Waals surface area contributed by atoms with E-state index in [1.54, 1.807) is 58.1 Å². The third-order valence-electron chi connectivity index (χ3n) is 10.6. The molecule has 56 heavy (non-hydrogen) atoms. The molecule has 4 aromatic rings. The summed E-state index contributed by atoms with van der Waals surface area (Å²) < 4.78 is 13.2. The van der Waals surface area contributed by atoms with Gasteiger partial charge in [0.1, 0.15) is 17.5 Å². The van der Waals surface area contributed by atoms with Gasteiger partial charge in [-0.05, 0) is 54.8 Å². The number of likely N-dealkylation sites (N-methyl/N-ethyl adjacent to an activating group) is 1. The number of imide groups is 2. The molecule has 1 atom stereocenters. The van der Waals surface area contributed by atoms with Crippen LogP contribution >= 0.6 is 0 Å². The van der Waals surface area contributed by atoms with Crippen LogP contribution in [-0.4, -0.2) is 113 Å². The van der Waals surface area contributed by atoms with E-state index in [0.717, 1.165) is 39.2 Å². The minimum atomic E-state index is -1.03. The largest absolute Gasteiger partial charge is 0.496 e. The van der Waals surface area contributed by atoms with Crippen LogP contribution in [-0.2, 0) is 23.2 Å². The molecule has 16 nitrogen and oxygen atoms in total. The van der Waals surface area contributed by atoms with Gasteiger partial charge in [-0.25, -0.2) is 0 Å². The lowest BCUT2D eigenvalue weighted by Gasteiger charge is -2.37. The van der Waals surface area contributed by atoms with Crippen LogP contribution in [0.2, 0.25) is 0 Å². The van der Waals surface area contributed by atoms with E-state index in [-0.39, 0.29) is 35.4 Å². The number of carbonyl (C=O) groups is 4. The Bertz CT molecular complexity index is 2310. The van der Waals surface area contributed by atoms with Crippen molar-refractivity contribution in [3.63, 3.8) is 0 Å². The molecule has 0 aliphatic carbocycles. The fourth-order valence-corrected chi connectivity index (χ4v) is 7.47. The van der Waals surface area contributed by atoms with E-state index in [2.05, 4.69) is 30.7 Å². The van der Waals surface area contributed by atoms with Gasteiger partial charge in [-0.1, -0.05) is 6.07 Å². The zero-order chi connectivity index (χ0) is 39.7. The molecule has 3 aliphatic heterocycles. The van der Waals surface area contributed by atoms with Gasteiger partial charge >= 0.3 is 0 Å². The SMILES string of the molecule is COc1cc(-c2cn(C)c(=O)c3cnccc23)cc(OC)c1CN1CC/C1=C(\O)NCCN(C)CCNc1cccc2c1C(=O)N(C1CCC(=O)NC1=O)C2=O. The average molecular weight is 765 g/mol. The van der Waals surface area contributed by atoms with Gasteiger partial charge in [0.05, 0.1) is 48.5 Å². The monoisotopic (exact) mass is 764 g/mol. The summed E-state index contributed by atoms with van der Waals surface area (Å²) in [5.41, 5.74) is 4.07. The van der Waals surface area contributed by atoms with E-state index in [9.17, 15) is 29.1 Å². The van der Waals surface area contributed by atoms with E-state index in [0.29, 0.717) is 61.7 Å². The van der Waals surface area contributed by atoms with Crippen LogP contribution in [0, 0.1) is 0 Å². The molecule has 2 saturated heterocycles. The molecule has 1 unspecified atom stereocenters. The van der Waals surface area contributed by atoms with E-state index in [4.69, 9.17) is 9.47 Å². The fraction of sp³-hybridized carbons (Fsp3) is 0.350. The van der Waals surface area contributed by atoms with Gasteiger partial charge in [-0.15, -0.1) is 0 Å². The molecule has 7 rings (SSSR count). The summed E-state index contributed by atoms with van der Waals surface area (Å²) in [7, 11) is 6.86. The highest BCUT2D eigenvalue weighted by molar-refractivity contribution is 6.25. The lowest BCUT2D eigenvalue weighted by atomic mass is 9.98. The first kappa shape index (κ1) is 37.9. The van der Waals surface area contributed by atoms with Gasteiger partial charge in [0.15, 0.2) is 0 Å². The van der Waals surface area contributed by atoms with E-state index in [1.165, 1.54) is 4.57 Å². The second-order valence-corrected chi connectivity index (χ2v) is 14.0. The van der Waals surface area contributed by atoms with Gasteiger partial charge in [0, 0.05) is 82.5 Å². The fourth-order valence-electron chi connectivity index (χ4n) is 7.47. The molecule has 16 heteroatoms. The second-order valence-electron chi connectivity index (χ2n) is 14.0. The maximum Gasteiger partial charge on any atom is 0.264 e. The lowest BCUT2D eigenvalue weighted by molar-refractivity contribution is -0.136. The molecule has 2 fully saturated rings. The Morgan fingerprint density at radius 1 is 0.982 bits per heavy atom. The van der Waals surface area contributed by atoms with Gasteiger partial charge in [0.2, 0.25) is 17.7 Å². The number of aryl methyl sites for hydroxylation is 1. The predicted octanol–water partition coefficient (Wildman–Crippen LogP) is 2.59. The lowest BCUT2D eigenvalue weighted by Crippen LogP contribution is -2.54. The zero-order valence-electron chi connectivity index (χ0n) is 31.7. The Morgan fingerprint density at radius 3 is 2.43 bits per heavy atom. The molecule has 0 radical (unpaired) electrons. The summed E-state index contributed by atoms with van der Waals surface area (Å²) in [5, 5.41) is 20.9. The summed E-state index contributed by atoms with van der Waals surface area (Å²) in [6.45, 7) is 3.31. The zero-order valence-corrected chi connectivity index (χ0v) is 31.7. The van der Waals surface area contributed by atoms with Crippen LogP contribution < -0.4 is 31.0 Å². The minimum absolute atomic E-state index is 0.0561. The first-order chi connectivity index (χ1) is 27.0. The molecule has 2 aromatic heterocycles. The number of likely N-dealkylation sites (tertiary alicyclic amines) is 1. The Kier molecular flexibility index (Phi) is 10.6. The Morgan fingerprint density at radius 2 is 1.73 bits per heavy atom. The number of piperidine rings is 1. The summed E-state index contributed by atoms with van der Waals surface area (Å²) >= 11 is 0. The first-order valence-electron chi connectivity index (χ1n) is 18.4. The normalized spacial score (nSPS) is 17.6. The number of aliphatic hydroxyl groups is 1. The van der Waals surface area contributed by atoms with Gasteiger partial charge in [0.25, 0.3) is 17.4 Å². The van der Waals surface area contributed by atoms with Gasteiger partial charge in [-0.3, -0.25) is 39.2 Å². The van der Waals surface area contributed by atoms with E-state index in [1.807, 2.05) is 25.2 Å². The molecular weight excluding hydrogens is 720 g/mol. The first-order valence-corrected chi connectivity index (χ1v) is 18.4. The number of hydrogen-bond donors (Lipinski definition) is 4. The molecule has 0 saturated carbocycles. The molecule has 4 amide bonds. The highest BCUT2D eigenvalue weighted by Gasteiger charge is 2.45. The van der Waals surface area contributed by atoms with Crippen molar-refractivity contribution in [2.24, 2.45) is 7.05 Å². The standard InChI is InChI=1S/C40H44N8O8/c1-45(16-13-42-29-7-5-6-25-35(29)40(54)48(39(25)53)31-8-9-34(49)44-37(31)51)17-14-43-36(50)30-11-15-47(30)22-28-32(55-3)18-23(19-33(28)56-4)27-21-46(2)38(52)26-20-41-12-10-24(26)27/h5-7,10,12,18-21,31,42-43,50H,8-9,11,13-17,22H2,1-4H3,(H,44,49,51)/b36-30+. The summed E-state index contributed by atoms with van der Waals surface area (Å²) in [5.74, 6) is -0.839. The number of ether oxygens (including phenoxy) is 2. The number of aliphatic hydroxyl groups excluding tert-OH is 1. The Hall–Kier alpha value is -6.42. The molecule has 3 aliphatic rings. The van der Waals surface area contributed by atoms with Crippen LogP contribution in [0.25, 0.3) is 21.9 Å². The number of pyridine rings is 2. The highest BCUT2D eigenvalue weighted by atomic mass is 16.5. The smallest absolute Gasteiger partial charge is 0.264 e. The van der Waals surface area contributed by atoms with Crippen molar-refractivity contribution < 1.29 is 33.8 Å². The molecule has 5 heterocycles. The van der Waals surface area contributed by atoms with Crippen molar-refractivity contribution in [2.45, 2.75) is 31.8 Å². The van der Waals surface area contributed by atoms with Crippen molar-refractivity contribution >= 4 is 40.1 Å². The maximum atomic E-state index is 13.4. The number of amides is 4. The average Bonchev–Trinajstić information content (AvgIpc) is 3.43. The molecule has 0 spiro atoms. The number of fused-ring (bicyclic) bond motifs is 2. The number of benzene rings is 2. The number of nitrogens with one attached hydrogen (secondary N) is 3. The van der Waals surface area contributed by atoms with Crippen LogP contribution in [0.5, 0.6) is 11.5 Å². The van der Waals surface area contributed by atoms with Crippen LogP contribution in [0.1, 0.15) is 45.5 Å². The molecular formula is C40H44N8O8. The molecule has 4 N–H and O–H groups in total. The quantitative estimate of drug-likeness (QED) is 0.109. The maximum absolute atomic E-state index is 13.4. The summed E-state index contributed by atoms with van der Waals surface area (Å²) in [6, 6.07) is 9.64. The minimum Gasteiger partial charge on any atom is -0.496 e. The topological polar surface area (TPSA) is 188 Å². The van der Waals surface area contributed by atoms with Gasteiger partial charge in [-0.2, -0.15) is 0 Å². The molecule has 0 bridgehead atoms. The van der Waals surface area contributed by atoms with Crippen LogP contribution in [0.4, 0.5) is 5.69 Å². The second kappa shape index (κ2) is 15.7. The number of hydrogen-bond acceptors (Lipinski definition) is 13. The van der Waals surface area contributed by atoms with E-state index >= 15 is 0 Å². The third kappa shape index (κ3) is 7.10. The summed E-state index contributed by atoms with van der Waals surface area (Å²) in [4.78, 5) is 72.6. The number of carbonyl (C=O) groups excluding carboxylic acids is 4. The van der Waals surface area contributed by atoms with Crippen LogP contribution in [0.15, 0.2) is 71.4 Å².